The lowest BCUT2D eigenvalue weighted by atomic mass is 9.81. The van der Waals surface area contributed by atoms with Crippen molar-refractivity contribution in [2.24, 2.45) is 11.7 Å². The maximum absolute atomic E-state index is 9.48. The van der Waals surface area contributed by atoms with Crippen molar-refractivity contribution in [2.45, 2.75) is 76.2 Å². The minimum Gasteiger partial charge on any atom is -0.394 e. The summed E-state index contributed by atoms with van der Waals surface area (Å²) in [6.45, 7) is 2.36. The number of benzene rings is 1. The summed E-state index contributed by atoms with van der Waals surface area (Å²) in [6.07, 6.45) is 15.3. The van der Waals surface area contributed by atoms with Gasteiger partial charge >= 0.3 is 0 Å². The fourth-order valence-electron chi connectivity index (χ4n) is 4.42. The molecule has 0 radical (unpaired) electrons. The molecule has 2 nitrogen and oxygen atoms in total. The van der Waals surface area contributed by atoms with Crippen LogP contribution in [0.3, 0.4) is 0 Å². The van der Waals surface area contributed by atoms with E-state index >= 15 is 0 Å². The molecule has 0 unspecified atom stereocenters. The number of aliphatic hydroxyl groups excluding tert-OH is 1. The Bertz CT molecular complexity index is 579. The first-order valence-corrected chi connectivity index (χ1v) is 9.81. The average molecular weight is 328 g/mol. The molecule has 2 heteroatoms. The van der Waals surface area contributed by atoms with E-state index in [2.05, 4.69) is 37.3 Å². The largest absolute Gasteiger partial charge is 0.394 e. The molecule has 3 rings (SSSR count). The van der Waals surface area contributed by atoms with Gasteiger partial charge in [0.25, 0.3) is 0 Å². The molecule has 0 saturated heterocycles. The molecule has 1 aromatic rings. The maximum atomic E-state index is 9.48. The van der Waals surface area contributed by atoms with Gasteiger partial charge in [0.2, 0.25) is 0 Å². The van der Waals surface area contributed by atoms with Gasteiger partial charge in [0.15, 0.2) is 0 Å². The Morgan fingerprint density at radius 3 is 2.92 bits per heavy atom. The first kappa shape index (κ1) is 17.7. The number of unbranched alkanes of at least 4 members (excludes halogenated alkanes) is 2. The molecule has 0 amide bonds. The molecule has 1 fully saturated rings. The van der Waals surface area contributed by atoms with Crippen LogP contribution < -0.4 is 5.73 Å². The topological polar surface area (TPSA) is 46.2 Å². The van der Waals surface area contributed by atoms with Gasteiger partial charge in [0.1, 0.15) is 0 Å². The molecule has 2 aliphatic carbocycles. The van der Waals surface area contributed by atoms with Crippen LogP contribution in [0.2, 0.25) is 0 Å². The van der Waals surface area contributed by atoms with E-state index in [1.54, 1.807) is 5.56 Å². The van der Waals surface area contributed by atoms with E-state index in [1.165, 1.54) is 49.7 Å². The summed E-state index contributed by atoms with van der Waals surface area (Å²) in [5.41, 5.74) is 10.4. The lowest BCUT2D eigenvalue weighted by Crippen LogP contribution is -2.40. The molecule has 0 aliphatic heterocycles. The van der Waals surface area contributed by atoms with Crippen molar-refractivity contribution in [3.63, 3.8) is 0 Å². The van der Waals surface area contributed by atoms with Crippen molar-refractivity contribution < 1.29 is 5.11 Å². The molecule has 0 aromatic heterocycles. The van der Waals surface area contributed by atoms with Crippen molar-refractivity contribution in [3.05, 3.63) is 47.0 Å². The number of hydrogen-bond donors (Lipinski definition) is 2. The molecule has 132 valence electrons. The smallest absolute Gasteiger partial charge is 0.0611 e. The highest BCUT2D eigenvalue weighted by atomic mass is 16.3. The number of aliphatic hydroxyl groups is 1. The minimum atomic E-state index is -0.352. The summed E-state index contributed by atoms with van der Waals surface area (Å²) in [7, 11) is 0. The lowest BCUT2D eigenvalue weighted by Gasteiger charge is -2.25. The monoisotopic (exact) mass is 327 g/mol. The highest BCUT2D eigenvalue weighted by Gasteiger charge is 2.36. The van der Waals surface area contributed by atoms with E-state index in [1.807, 2.05) is 0 Å². The molecular formula is C22H33NO. The molecular weight excluding hydrogens is 294 g/mol. The van der Waals surface area contributed by atoms with Gasteiger partial charge < -0.3 is 10.8 Å². The van der Waals surface area contributed by atoms with E-state index in [0.717, 1.165) is 25.2 Å². The van der Waals surface area contributed by atoms with Gasteiger partial charge in [0, 0.05) is 5.54 Å². The van der Waals surface area contributed by atoms with Crippen molar-refractivity contribution in [3.8, 4) is 0 Å². The van der Waals surface area contributed by atoms with Gasteiger partial charge in [-0.05, 0) is 73.5 Å². The summed E-state index contributed by atoms with van der Waals surface area (Å²) in [5.74, 6) is 1.25. The van der Waals surface area contributed by atoms with Crippen LogP contribution in [0.25, 0.3) is 0 Å². The third-order valence-electron chi connectivity index (χ3n) is 6.06. The van der Waals surface area contributed by atoms with Crippen LogP contribution in [0.4, 0.5) is 0 Å². The quantitative estimate of drug-likeness (QED) is 0.597. The van der Waals surface area contributed by atoms with Gasteiger partial charge in [0.05, 0.1) is 6.61 Å². The van der Waals surface area contributed by atoms with Gasteiger partial charge in [-0.3, -0.25) is 0 Å². The second-order valence-electron chi connectivity index (χ2n) is 8.06. The third kappa shape index (κ3) is 4.10. The van der Waals surface area contributed by atoms with Crippen LogP contribution in [0.15, 0.2) is 30.4 Å². The van der Waals surface area contributed by atoms with Crippen LogP contribution in [0, 0.1) is 5.92 Å². The Morgan fingerprint density at radius 2 is 2.17 bits per heavy atom. The zero-order chi connectivity index (χ0) is 17.0. The number of hydrogen-bond acceptors (Lipinski definition) is 2. The number of nitrogens with two attached hydrogens (primary N) is 1. The van der Waals surface area contributed by atoms with E-state index in [-0.39, 0.29) is 12.1 Å². The Hall–Kier alpha value is -1.12. The van der Waals surface area contributed by atoms with Gasteiger partial charge in [-0.25, -0.2) is 0 Å². The Kier molecular flexibility index (Phi) is 5.78. The molecule has 0 heterocycles. The summed E-state index contributed by atoms with van der Waals surface area (Å²) in [4.78, 5) is 0. The summed E-state index contributed by atoms with van der Waals surface area (Å²) in [6, 6.07) is 7.10. The molecule has 3 atom stereocenters. The third-order valence-corrected chi connectivity index (χ3v) is 6.06. The number of fused-ring (bicyclic) bond motifs is 1. The summed E-state index contributed by atoms with van der Waals surface area (Å²) in [5, 5.41) is 9.48. The Balaban J connectivity index is 1.63. The summed E-state index contributed by atoms with van der Waals surface area (Å²) < 4.78 is 0. The van der Waals surface area contributed by atoms with Crippen molar-refractivity contribution >= 4 is 0 Å². The van der Waals surface area contributed by atoms with Gasteiger partial charge in [-0.1, -0.05) is 50.1 Å². The predicted octanol–water partition coefficient (Wildman–Crippen LogP) is 4.50. The average Bonchev–Trinajstić information content (AvgIpc) is 3.01. The van der Waals surface area contributed by atoms with E-state index in [9.17, 15) is 5.11 Å². The molecule has 3 N–H and O–H groups in total. The standard InChI is InChI=1S/C22H33NO/c1-2-3-4-5-6-17-7-8-19-14-20(10-9-18(19)13-17)21-11-12-22(23,15-21)16-24/h5-6,9-10,14,17,21,24H,2-4,7-8,11-13,15-16,23H2,1H3/t17-,21+,22+/m1/s1. The number of allylic oxidation sites excluding steroid dienone is 2. The van der Waals surface area contributed by atoms with Crippen molar-refractivity contribution in [2.75, 3.05) is 6.61 Å². The first-order valence-electron chi connectivity index (χ1n) is 9.81. The van der Waals surface area contributed by atoms with Crippen LogP contribution in [-0.4, -0.2) is 17.3 Å². The highest BCUT2D eigenvalue weighted by molar-refractivity contribution is 5.37. The maximum Gasteiger partial charge on any atom is 0.0611 e. The molecule has 1 aromatic carbocycles. The summed E-state index contributed by atoms with van der Waals surface area (Å²) >= 11 is 0. The molecule has 2 aliphatic rings. The molecule has 0 spiro atoms. The van der Waals surface area contributed by atoms with Crippen molar-refractivity contribution in [1.82, 2.24) is 0 Å². The van der Waals surface area contributed by atoms with Gasteiger partial charge in [-0.2, -0.15) is 0 Å². The number of aryl methyl sites for hydroxylation is 1. The Morgan fingerprint density at radius 1 is 1.29 bits per heavy atom. The van der Waals surface area contributed by atoms with E-state index < -0.39 is 0 Å². The van der Waals surface area contributed by atoms with Crippen LogP contribution in [0.1, 0.15) is 74.5 Å². The second kappa shape index (κ2) is 7.84. The Labute approximate surface area is 147 Å². The molecule has 24 heavy (non-hydrogen) atoms. The van der Waals surface area contributed by atoms with Crippen LogP contribution in [0.5, 0.6) is 0 Å². The van der Waals surface area contributed by atoms with Gasteiger partial charge in [-0.15, -0.1) is 0 Å². The number of rotatable bonds is 6. The zero-order valence-electron chi connectivity index (χ0n) is 15.1. The second-order valence-corrected chi connectivity index (χ2v) is 8.06. The fourth-order valence-corrected chi connectivity index (χ4v) is 4.42. The lowest BCUT2D eigenvalue weighted by molar-refractivity contribution is 0.198. The molecule has 0 bridgehead atoms. The van der Waals surface area contributed by atoms with Crippen LogP contribution in [-0.2, 0) is 12.8 Å². The first-order chi connectivity index (χ1) is 11.6. The van der Waals surface area contributed by atoms with Crippen molar-refractivity contribution in [1.29, 1.82) is 0 Å². The zero-order valence-corrected chi connectivity index (χ0v) is 15.1. The minimum absolute atomic E-state index is 0.112. The SMILES string of the molecule is CCCCC=C[C@@H]1CCc2cc([C@H]3CC[C@@](N)(CO)C3)ccc2C1. The highest BCUT2D eigenvalue weighted by Crippen LogP contribution is 2.40. The fraction of sp³-hybridized carbons (Fsp3) is 0.636. The predicted molar refractivity (Wildman–Crippen MR) is 101 cm³/mol. The normalized spacial score (nSPS) is 30.0. The van der Waals surface area contributed by atoms with E-state index in [0.29, 0.717) is 5.92 Å². The van der Waals surface area contributed by atoms with E-state index in [4.69, 9.17) is 5.73 Å². The molecule has 1 saturated carbocycles. The van der Waals surface area contributed by atoms with Crippen LogP contribution >= 0.6 is 0 Å².